The number of rotatable bonds is 5. The van der Waals surface area contributed by atoms with Crippen molar-refractivity contribution in [1.82, 2.24) is 14.8 Å². The average Bonchev–Trinajstić information content (AvgIpc) is 3.32. The molecule has 1 aliphatic rings. The van der Waals surface area contributed by atoms with Crippen molar-refractivity contribution in [2.75, 3.05) is 19.5 Å². The second-order valence-electron chi connectivity index (χ2n) is 6.68. The van der Waals surface area contributed by atoms with Gasteiger partial charge in [-0.05, 0) is 38.1 Å². The molecule has 9 nitrogen and oxygen atoms in total. The first kappa shape index (κ1) is 18.6. The van der Waals surface area contributed by atoms with E-state index < -0.39 is 11.9 Å². The molecule has 3 heterocycles. The molecule has 0 bridgehead atoms. The number of fused-ring (bicyclic) bond motifs is 1. The molecule has 0 spiro atoms. The fourth-order valence-corrected chi connectivity index (χ4v) is 3.39. The van der Waals surface area contributed by atoms with E-state index in [0.29, 0.717) is 45.9 Å². The maximum Gasteiger partial charge on any atom is 0.249 e. The van der Waals surface area contributed by atoms with Gasteiger partial charge in [0.1, 0.15) is 29.1 Å². The number of furan rings is 1. The third-order valence-electron chi connectivity index (χ3n) is 4.76. The van der Waals surface area contributed by atoms with Crippen LogP contribution in [0.4, 0.5) is 5.95 Å². The highest BCUT2D eigenvalue weighted by Gasteiger charge is 2.35. The van der Waals surface area contributed by atoms with Gasteiger partial charge in [0.2, 0.25) is 11.9 Å². The number of nitrogens with zero attached hydrogens (tertiary/aromatic N) is 3. The summed E-state index contributed by atoms with van der Waals surface area (Å²) in [7, 11) is 3.15. The van der Waals surface area contributed by atoms with Gasteiger partial charge >= 0.3 is 0 Å². The Morgan fingerprint density at radius 3 is 2.41 bits per heavy atom. The number of aryl methyl sites for hydroxylation is 1. The number of methoxy groups -OCH3 is 2. The molecule has 1 atom stereocenters. The van der Waals surface area contributed by atoms with E-state index >= 15 is 0 Å². The lowest BCUT2D eigenvalue weighted by atomic mass is 10.0. The van der Waals surface area contributed by atoms with E-state index in [9.17, 15) is 4.79 Å². The standard InChI is InChI=1S/C20H21N5O4/c1-10-5-6-15(29-10)17-16(18(21)26)11(2)22-20-23-19(24-25(17)20)12-7-13(27-3)9-14(8-12)28-4/h5-9,17H,1-4H3,(H2,21,26)(H,22,23,24). The number of carbonyl (C=O) groups is 1. The van der Waals surface area contributed by atoms with Crippen molar-refractivity contribution >= 4 is 11.9 Å². The molecular formula is C20H21N5O4. The lowest BCUT2D eigenvalue weighted by Crippen LogP contribution is -2.31. The van der Waals surface area contributed by atoms with Gasteiger partial charge in [-0.15, -0.1) is 5.10 Å². The van der Waals surface area contributed by atoms with E-state index in [0.717, 1.165) is 5.76 Å². The summed E-state index contributed by atoms with van der Waals surface area (Å²) in [6.07, 6.45) is 0. The van der Waals surface area contributed by atoms with Crippen LogP contribution >= 0.6 is 0 Å². The Morgan fingerprint density at radius 2 is 1.86 bits per heavy atom. The van der Waals surface area contributed by atoms with Gasteiger partial charge in [0.25, 0.3) is 0 Å². The molecule has 0 saturated heterocycles. The van der Waals surface area contributed by atoms with Gasteiger partial charge in [0.05, 0.1) is 19.8 Å². The normalized spacial score (nSPS) is 15.7. The number of hydrogen-bond donors (Lipinski definition) is 2. The highest BCUT2D eigenvalue weighted by atomic mass is 16.5. The van der Waals surface area contributed by atoms with E-state index in [-0.39, 0.29) is 0 Å². The zero-order valence-corrected chi connectivity index (χ0v) is 16.5. The lowest BCUT2D eigenvalue weighted by molar-refractivity contribution is -0.115. The number of carbonyl (C=O) groups excluding carboxylic acids is 1. The van der Waals surface area contributed by atoms with E-state index in [1.165, 1.54) is 0 Å². The number of nitrogens with two attached hydrogens (primary N) is 1. The van der Waals surface area contributed by atoms with Crippen LogP contribution in [0.3, 0.4) is 0 Å². The van der Waals surface area contributed by atoms with Gasteiger partial charge < -0.3 is 24.9 Å². The van der Waals surface area contributed by atoms with E-state index in [2.05, 4.69) is 15.4 Å². The van der Waals surface area contributed by atoms with Crippen LogP contribution in [0.5, 0.6) is 11.5 Å². The van der Waals surface area contributed by atoms with Crippen molar-refractivity contribution in [3.63, 3.8) is 0 Å². The van der Waals surface area contributed by atoms with Gasteiger partial charge in [0, 0.05) is 17.3 Å². The minimum Gasteiger partial charge on any atom is -0.497 e. The number of allylic oxidation sites excluding steroid dienone is 1. The molecule has 3 N–H and O–H groups in total. The van der Waals surface area contributed by atoms with Crippen LogP contribution in [0.2, 0.25) is 0 Å². The van der Waals surface area contributed by atoms with Crippen LogP contribution in [0, 0.1) is 6.92 Å². The molecule has 9 heteroatoms. The number of ether oxygens (including phenoxy) is 2. The maximum absolute atomic E-state index is 12.2. The quantitative estimate of drug-likeness (QED) is 0.682. The zero-order valence-electron chi connectivity index (χ0n) is 16.5. The van der Waals surface area contributed by atoms with E-state index in [4.69, 9.17) is 19.6 Å². The van der Waals surface area contributed by atoms with Gasteiger partial charge in [-0.3, -0.25) is 4.79 Å². The summed E-state index contributed by atoms with van der Waals surface area (Å²) >= 11 is 0. The number of hydrogen-bond acceptors (Lipinski definition) is 7. The Hall–Kier alpha value is -3.75. The molecule has 3 aromatic rings. The number of primary amides is 1. The topological polar surface area (TPSA) is 117 Å². The Balaban J connectivity index is 1.86. The lowest BCUT2D eigenvalue weighted by Gasteiger charge is -2.25. The SMILES string of the molecule is COc1cc(OC)cc(-c2nc3n(n2)C(c2ccc(C)o2)C(C(N)=O)=C(C)N3)c1. The Morgan fingerprint density at radius 1 is 1.17 bits per heavy atom. The summed E-state index contributed by atoms with van der Waals surface area (Å²) in [5.41, 5.74) is 7.35. The molecule has 2 aromatic heterocycles. The summed E-state index contributed by atoms with van der Waals surface area (Å²) in [5.74, 6) is 2.87. The van der Waals surface area contributed by atoms with Crippen molar-refractivity contribution < 1.29 is 18.7 Å². The van der Waals surface area contributed by atoms with Crippen LogP contribution in [-0.4, -0.2) is 34.9 Å². The number of aromatic nitrogens is 3. The summed E-state index contributed by atoms with van der Waals surface area (Å²) in [5, 5.41) is 7.75. The number of anilines is 1. The molecule has 0 fully saturated rings. The van der Waals surface area contributed by atoms with Crippen molar-refractivity contribution in [1.29, 1.82) is 0 Å². The molecular weight excluding hydrogens is 374 g/mol. The minimum absolute atomic E-state index is 0.367. The third-order valence-corrected chi connectivity index (χ3v) is 4.76. The highest BCUT2D eigenvalue weighted by molar-refractivity contribution is 5.95. The number of nitrogens with one attached hydrogen (secondary N) is 1. The van der Waals surface area contributed by atoms with Crippen LogP contribution in [0.1, 0.15) is 24.5 Å². The second-order valence-corrected chi connectivity index (χ2v) is 6.68. The van der Waals surface area contributed by atoms with Crippen molar-refractivity contribution in [2.45, 2.75) is 19.9 Å². The summed E-state index contributed by atoms with van der Waals surface area (Å²) in [6, 6.07) is 8.41. The third kappa shape index (κ3) is 3.20. The van der Waals surface area contributed by atoms with E-state index in [1.807, 2.05) is 25.1 Å². The molecule has 29 heavy (non-hydrogen) atoms. The summed E-state index contributed by atoms with van der Waals surface area (Å²) in [4.78, 5) is 16.8. The first-order valence-corrected chi connectivity index (χ1v) is 8.95. The summed E-state index contributed by atoms with van der Waals surface area (Å²) < 4.78 is 18.1. The molecule has 1 amide bonds. The average molecular weight is 395 g/mol. The molecule has 1 aromatic carbocycles. The molecule has 0 aliphatic carbocycles. The van der Waals surface area contributed by atoms with Crippen molar-refractivity contribution in [3.8, 4) is 22.9 Å². The van der Waals surface area contributed by atoms with Crippen molar-refractivity contribution in [3.05, 3.63) is 53.1 Å². The maximum atomic E-state index is 12.2. The first-order valence-electron chi connectivity index (χ1n) is 8.95. The molecule has 4 rings (SSSR count). The van der Waals surface area contributed by atoms with Crippen LogP contribution in [0.15, 0.2) is 46.0 Å². The Bertz CT molecular complexity index is 1110. The molecule has 1 aliphatic heterocycles. The first-order chi connectivity index (χ1) is 13.9. The largest absolute Gasteiger partial charge is 0.497 e. The molecule has 0 saturated carbocycles. The van der Waals surface area contributed by atoms with E-state index in [1.54, 1.807) is 38.0 Å². The number of amides is 1. The molecule has 0 radical (unpaired) electrons. The monoisotopic (exact) mass is 395 g/mol. The molecule has 1 unspecified atom stereocenters. The summed E-state index contributed by atoms with van der Waals surface area (Å²) in [6.45, 7) is 3.61. The fourth-order valence-electron chi connectivity index (χ4n) is 3.39. The van der Waals surface area contributed by atoms with Crippen LogP contribution in [0.25, 0.3) is 11.4 Å². The van der Waals surface area contributed by atoms with Crippen molar-refractivity contribution in [2.24, 2.45) is 5.73 Å². The van der Waals surface area contributed by atoms with Crippen LogP contribution in [-0.2, 0) is 4.79 Å². The van der Waals surface area contributed by atoms with Gasteiger partial charge in [-0.25, -0.2) is 4.68 Å². The Kier molecular flexibility index (Phi) is 4.50. The second kappa shape index (κ2) is 7.01. The van der Waals surface area contributed by atoms with Crippen LogP contribution < -0.4 is 20.5 Å². The molecule has 150 valence electrons. The van der Waals surface area contributed by atoms with Gasteiger partial charge in [0.15, 0.2) is 5.82 Å². The zero-order chi connectivity index (χ0) is 20.7. The minimum atomic E-state index is -0.619. The predicted octanol–water partition coefficient (Wildman–Crippen LogP) is 2.64. The fraction of sp³-hybridized carbons (Fsp3) is 0.250. The number of benzene rings is 1. The Labute approximate surface area is 167 Å². The predicted molar refractivity (Wildman–Crippen MR) is 106 cm³/mol. The smallest absolute Gasteiger partial charge is 0.249 e. The van der Waals surface area contributed by atoms with Gasteiger partial charge in [-0.1, -0.05) is 0 Å². The van der Waals surface area contributed by atoms with Gasteiger partial charge in [-0.2, -0.15) is 4.98 Å². The highest BCUT2D eigenvalue weighted by Crippen LogP contribution is 2.37.